The summed E-state index contributed by atoms with van der Waals surface area (Å²) in [6.45, 7) is 4.19. The van der Waals surface area contributed by atoms with E-state index in [9.17, 15) is 4.79 Å². The minimum atomic E-state index is -0.156. The maximum absolute atomic E-state index is 12.1. The zero-order chi connectivity index (χ0) is 16.9. The van der Waals surface area contributed by atoms with E-state index in [1.54, 1.807) is 17.1 Å². The van der Waals surface area contributed by atoms with Gasteiger partial charge in [0.15, 0.2) is 0 Å². The minimum absolute atomic E-state index is 0.156. The lowest BCUT2D eigenvalue weighted by atomic mass is 9.97. The lowest BCUT2D eigenvalue weighted by Gasteiger charge is -2.38. The van der Waals surface area contributed by atoms with Gasteiger partial charge in [0.05, 0.1) is 11.9 Å². The van der Waals surface area contributed by atoms with Crippen LogP contribution in [0.25, 0.3) is 0 Å². The average molecular weight is 327 g/mol. The van der Waals surface area contributed by atoms with E-state index in [1.807, 2.05) is 13.1 Å². The topological polar surface area (TPSA) is 62.2 Å². The molecule has 0 aliphatic carbocycles. The highest BCUT2D eigenvalue weighted by Gasteiger charge is 2.26. The van der Waals surface area contributed by atoms with Crippen LogP contribution in [0.2, 0.25) is 0 Å². The largest absolute Gasteiger partial charge is 0.335 e. The number of piperidine rings is 1. The third-order valence-corrected chi connectivity index (χ3v) is 4.54. The molecular formula is C18H25N5O. The fourth-order valence-electron chi connectivity index (χ4n) is 3.24. The molecule has 24 heavy (non-hydrogen) atoms. The van der Waals surface area contributed by atoms with Gasteiger partial charge in [-0.1, -0.05) is 30.3 Å². The maximum atomic E-state index is 12.1. The molecule has 2 atom stereocenters. The van der Waals surface area contributed by atoms with Gasteiger partial charge in [-0.05, 0) is 25.3 Å². The fraction of sp³-hybridized carbons (Fsp3) is 0.444. The van der Waals surface area contributed by atoms with Crippen molar-refractivity contribution in [3.63, 3.8) is 0 Å². The first kappa shape index (κ1) is 16.5. The van der Waals surface area contributed by atoms with Crippen LogP contribution in [0.5, 0.6) is 0 Å². The van der Waals surface area contributed by atoms with Gasteiger partial charge in [-0.25, -0.2) is 4.79 Å². The number of carbonyl (C=O) groups is 1. The highest BCUT2D eigenvalue weighted by molar-refractivity contribution is 5.89. The Labute approximate surface area is 142 Å². The van der Waals surface area contributed by atoms with Gasteiger partial charge in [-0.15, -0.1) is 0 Å². The molecule has 0 unspecified atom stereocenters. The van der Waals surface area contributed by atoms with Gasteiger partial charge >= 0.3 is 6.03 Å². The van der Waals surface area contributed by atoms with Crippen molar-refractivity contribution >= 4 is 11.7 Å². The third kappa shape index (κ3) is 4.35. The molecule has 128 valence electrons. The van der Waals surface area contributed by atoms with E-state index in [0.717, 1.165) is 25.9 Å². The summed E-state index contributed by atoms with van der Waals surface area (Å²) in [5, 5.41) is 9.95. The molecule has 0 radical (unpaired) electrons. The van der Waals surface area contributed by atoms with E-state index in [4.69, 9.17) is 0 Å². The van der Waals surface area contributed by atoms with Crippen LogP contribution in [0.1, 0.15) is 25.3 Å². The molecule has 1 aromatic heterocycles. The Morgan fingerprint density at radius 2 is 2.12 bits per heavy atom. The standard InChI is InChI=1S/C18H25N5O/c1-14-10-16(20-18(24)21-17-11-19-22(2)13-17)8-9-23(14)12-15-6-4-3-5-7-15/h3-7,11,13-14,16H,8-10,12H2,1-2H3,(H2,20,21,24)/t14-,16+/m0/s1. The van der Waals surface area contributed by atoms with Crippen LogP contribution in [-0.2, 0) is 13.6 Å². The predicted octanol–water partition coefficient (Wildman–Crippen LogP) is 2.59. The molecule has 2 N–H and O–H groups in total. The molecule has 2 heterocycles. The summed E-state index contributed by atoms with van der Waals surface area (Å²) < 4.78 is 1.67. The number of aryl methyl sites for hydroxylation is 1. The second-order valence-corrected chi connectivity index (χ2v) is 6.53. The van der Waals surface area contributed by atoms with Gasteiger partial charge in [0.2, 0.25) is 0 Å². The van der Waals surface area contributed by atoms with Gasteiger partial charge in [-0.2, -0.15) is 5.10 Å². The van der Waals surface area contributed by atoms with Gasteiger partial charge in [-0.3, -0.25) is 9.58 Å². The number of likely N-dealkylation sites (tertiary alicyclic amines) is 1. The molecule has 2 amide bonds. The molecule has 6 heteroatoms. The number of nitrogens with zero attached hydrogens (tertiary/aromatic N) is 3. The average Bonchev–Trinajstić information content (AvgIpc) is 2.96. The van der Waals surface area contributed by atoms with Crippen molar-refractivity contribution in [3.05, 3.63) is 48.3 Å². The molecule has 1 fully saturated rings. The monoisotopic (exact) mass is 327 g/mol. The van der Waals surface area contributed by atoms with Crippen LogP contribution in [-0.4, -0.2) is 39.3 Å². The van der Waals surface area contributed by atoms with Crippen LogP contribution in [0.4, 0.5) is 10.5 Å². The van der Waals surface area contributed by atoms with Gasteiger partial charge in [0.1, 0.15) is 0 Å². The number of carbonyl (C=O) groups excluding carboxylic acids is 1. The molecule has 0 spiro atoms. The minimum Gasteiger partial charge on any atom is -0.335 e. The Morgan fingerprint density at radius 3 is 2.79 bits per heavy atom. The van der Waals surface area contributed by atoms with Crippen LogP contribution < -0.4 is 10.6 Å². The number of nitrogens with one attached hydrogen (secondary N) is 2. The molecule has 1 saturated heterocycles. The molecule has 0 bridgehead atoms. The number of amides is 2. The molecular weight excluding hydrogens is 302 g/mol. The second kappa shape index (κ2) is 7.49. The van der Waals surface area contributed by atoms with E-state index in [1.165, 1.54) is 5.56 Å². The number of hydrogen-bond acceptors (Lipinski definition) is 3. The number of aromatic nitrogens is 2. The Morgan fingerprint density at radius 1 is 1.33 bits per heavy atom. The summed E-state index contributed by atoms with van der Waals surface area (Å²) in [4.78, 5) is 14.6. The van der Waals surface area contributed by atoms with Crippen molar-refractivity contribution in [1.29, 1.82) is 0 Å². The van der Waals surface area contributed by atoms with Crippen molar-refractivity contribution in [2.75, 3.05) is 11.9 Å². The first-order valence-corrected chi connectivity index (χ1v) is 8.44. The second-order valence-electron chi connectivity index (χ2n) is 6.53. The predicted molar refractivity (Wildman–Crippen MR) is 94.7 cm³/mol. The van der Waals surface area contributed by atoms with Gasteiger partial charge in [0.25, 0.3) is 0 Å². The van der Waals surface area contributed by atoms with Crippen molar-refractivity contribution in [3.8, 4) is 0 Å². The molecule has 2 aromatic rings. The summed E-state index contributed by atoms with van der Waals surface area (Å²) in [7, 11) is 1.83. The Bertz CT molecular complexity index is 669. The molecule has 0 saturated carbocycles. The highest BCUT2D eigenvalue weighted by Crippen LogP contribution is 2.20. The number of benzene rings is 1. The Kier molecular flexibility index (Phi) is 5.15. The van der Waals surface area contributed by atoms with E-state index in [0.29, 0.717) is 11.7 Å². The van der Waals surface area contributed by atoms with Crippen LogP contribution in [0.3, 0.4) is 0 Å². The summed E-state index contributed by atoms with van der Waals surface area (Å²) in [5.41, 5.74) is 2.05. The third-order valence-electron chi connectivity index (χ3n) is 4.54. The SMILES string of the molecule is C[C@H]1C[C@H](NC(=O)Nc2cnn(C)c2)CCN1Cc1ccccc1. The maximum Gasteiger partial charge on any atom is 0.319 e. The van der Waals surface area contributed by atoms with Crippen LogP contribution in [0, 0.1) is 0 Å². The molecule has 6 nitrogen and oxygen atoms in total. The van der Waals surface area contributed by atoms with Crippen molar-refractivity contribution in [2.45, 2.75) is 38.4 Å². The summed E-state index contributed by atoms with van der Waals surface area (Å²) >= 11 is 0. The molecule has 1 aromatic carbocycles. The van der Waals surface area contributed by atoms with Gasteiger partial charge in [0, 0.05) is 38.4 Å². The van der Waals surface area contributed by atoms with Crippen molar-refractivity contribution in [1.82, 2.24) is 20.0 Å². The van der Waals surface area contributed by atoms with E-state index in [-0.39, 0.29) is 12.1 Å². The molecule has 1 aliphatic heterocycles. The normalized spacial score (nSPS) is 21.4. The van der Waals surface area contributed by atoms with Crippen LogP contribution in [0.15, 0.2) is 42.7 Å². The lowest BCUT2D eigenvalue weighted by molar-refractivity contribution is 0.131. The van der Waals surface area contributed by atoms with E-state index < -0.39 is 0 Å². The van der Waals surface area contributed by atoms with Crippen molar-refractivity contribution in [2.24, 2.45) is 7.05 Å². The quantitative estimate of drug-likeness (QED) is 0.907. The number of urea groups is 1. The number of anilines is 1. The zero-order valence-electron chi connectivity index (χ0n) is 14.3. The number of hydrogen-bond donors (Lipinski definition) is 2. The summed E-state index contributed by atoms with van der Waals surface area (Å²) in [6, 6.07) is 11.0. The van der Waals surface area contributed by atoms with Crippen LogP contribution >= 0.6 is 0 Å². The van der Waals surface area contributed by atoms with Crippen molar-refractivity contribution < 1.29 is 4.79 Å². The Hall–Kier alpha value is -2.34. The molecule has 1 aliphatic rings. The van der Waals surface area contributed by atoms with Gasteiger partial charge < -0.3 is 10.6 Å². The lowest BCUT2D eigenvalue weighted by Crippen LogP contribution is -2.49. The number of rotatable bonds is 4. The summed E-state index contributed by atoms with van der Waals surface area (Å²) in [5.74, 6) is 0. The Balaban J connectivity index is 1.47. The van der Waals surface area contributed by atoms with E-state index in [2.05, 4.69) is 51.8 Å². The summed E-state index contributed by atoms with van der Waals surface area (Å²) in [6.07, 6.45) is 5.36. The first-order valence-electron chi connectivity index (χ1n) is 8.44. The van der Waals surface area contributed by atoms with E-state index >= 15 is 0 Å². The zero-order valence-corrected chi connectivity index (χ0v) is 14.3. The first-order chi connectivity index (χ1) is 11.6. The molecule has 3 rings (SSSR count). The smallest absolute Gasteiger partial charge is 0.319 e. The fourth-order valence-corrected chi connectivity index (χ4v) is 3.24. The highest BCUT2D eigenvalue weighted by atomic mass is 16.2.